The molecule has 0 spiro atoms. The van der Waals surface area contributed by atoms with E-state index in [-0.39, 0.29) is 35.9 Å². The summed E-state index contributed by atoms with van der Waals surface area (Å²) in [7, 11) is -1.26. The van der Waals surface area contributed by atoms with Gasteiger partial charge in [0.2, 0.25) is 0 Å². The molecule has 2 aliphatic heterocycles. The van der Waals surface area contributed by atoms with Crippen molar-refractivity contribution in [3.63, 3.8) is 0 Å². The van der Waals surface area contributed by atoms with Crippen molar-refractivity contribution in [3.8, 4) is 0 Å². The average Bonchev–Trinajstić information content (AvgIpc) is 3.75. The number of imidazole rings is 2. The Balaban J connectivity index is 1.14. The van der Waals surface area contributed by atoms with Gasteiger partial charge < -0.3 is 49.5 Å². The Morgan fingerprint density at radius 1 is 0.884 bits per heavy atom. The summed E-state index contributed by atoms with van der Waals surface area (Å²) < 4.78 is 48.8. The van der Waals surface area contributed by atoms with Crippen LogP contribution in [0.2, 0.25) is 0 Å². The summed E-state index contributed by atoms with van der Waals surface area (Å²) in [6.45, 7) is -0.318. The Morgan fingerprint density at radius 3 is 2.09 bits per heavy atom. The number of nitrogens with two attached hydrogens (primary N) is 2. The summed E-state index contributed by atoms with van der Waals surface area (Å²) in [5.41, 5.74) is 12.9. The first kappa shape index (κ1) is 29.6. The van der Waals surface area contributed by atoms with E-state index in [4.69, 9.17) is 39.2 Å². The molecule has 43 heavy (non-hydrogen) atoms. The Morgan fingerprint density at radius 2 is 1.49 bits per heavy atom. The van der Waals surface area contributed by atoms with E-state index >= 15 is 0 Å². The van der Waals surface area contributed by atoms with E-state index in [9.17, 15) is 19.6 Å². The molecule has 20 nitrogen and oxygen atoms in total. The zero-order valence-electron chi connectivity index (χ0n) is 21.9. The van der Waals surface area contributed by atoms with Crippen molar-refractivity contribution in [2.75, 3.05) is 24.7 Å². The number of aliphatic hydroxyl groups is 2. The highest BCUT2D eigenvalue weighted by Crippen LogP contribution is 2.40. The smallest absolute Gasteiger partial charge is 0.319 e. The number of ether oxygens (including phenoxy) is 3. The maximum atomic E-state index is 12.9. The van der Waals surface area contributed by atoms with Crippen LogP contribution in [0.15, 0.2) is 25.3 Å². The van der Waals surface area contributed by atoms with Crippen molar-refractivity contribution in [2.45, 2.75) is 49.1 Å². The van der Waals surface area contributed by atoms with Crippen LogP contribution in [0.5, 0.6) is 0 Å². The lowest BCUT2D eigenvalue weighted by Crippen LogP contribution is -2.36. The zero-order chi connectivity index (χ0) is 30.2. The second-order valence-corrected chi connectivity index (χ2v) is 10.8. The molecule has 6 heterocycles. The molecular weight excluding hydrogens is 614 g/mol. The van der Waals surface area contributed by atoms with E-state index in [2.05, 4.69) is 39.4 Å². The van der Waals surface area contributed by atoms with Crippen LogP contribution in [0.25, 0.3) is 22.3 Å². The first-order valence-corrected chi connectivity index (χ1v) is 14.3. The number of aromatic nitrogens is 8. The monoisotopic (exact) mass is 640 g/mol. The first-order valence-electron chi connectivity index (χ1n) is 12.6. The van der Waals surface area contributed by atoms with Gasteiger partial charge >= 0.3 is 8.25 Å². The van der Waals surface area contributed by atoms with Gasteiger partial charge in [0.15, 0.2) is 41.5 Å². The Hall–Kier alpha value is -3.45. The van der Waals surface area contributed by atoms with Gasteiger partial charge in [0.05, 0.1) is 25.9 Å². The molecule has 230 valence electrons. The summed E-state index contributed by atoms with van der Waals surface area (Å²) in [6, 6.07) is 0. The maximum Gasteiger partial charge on any atom is 0.319 e. The van der Waals surface area contributed by atoms with Gasteiger partial charge in [-0.1, -0.05) is 0 Å². The molecule has 0 aromatic carbocycles. The SMILES string of the molecule is Nc1ncnc2c1ncn2C1O[C@H](COP)[C@@H](O[PH](=O)OC[C@H]2O[C@@H](n3cnc4c(N)ncnc43)[C@H](OC=O)[C@@H]2O)[C@H]1O. The van der Waals surface area contributed by atoms with Crippen molar-refractivity contribution in [1.29, 1.82) is 0 Å². The number of nitrogen functional groups attached to an aromatic ring is 2. The highest BCUT2D eigenvalue weighted by molar-refractivity contribution is 7.33. The quantitative estimate of drug-likeness (QED) is 0.107. The molecule has 2 fully saturated rings. The molecule has 10 atom stereocenters. The molecule has 6 rings (SSSR count). The second-order valence-electron chi connectivity index (χ2n) is 9.45. The number of nitrogens with zero attached hydrogens (tertiary/aromatic N) is 8. The minimum absolute atomic E-state index is 0.0500. The summed E-state index contributed by atoms with van der Waals surface area (Å²) >= 11 is 0. The number of carbonyl (C=O) groups excluding carboxylic acids is 1. The molecule has 4 aromatic heterocycles. The van der Waals surface area contributed by atoms with E-state index in [1.807, 2.05) is 0 Å². The molecule has 2 aliphatic rings. The van der Waals surface area contributed by atoms with E-state index in [0.29, 0.717) is 11.2 Å². The topological polar surface area (TPSA) is 269 Å². The molecule has 0 bridgehead atoms. The Labute approximate surface area is 243 Å². The number of hydrogen-bond acceptors (Lipinski definition) is 18. The third kappa shape index (κ3) is 5.41. The van der Waals surface area contributed by atoms with Crippen LogP contribution in [0.4, 0.5) is 11.6 Å². The van der Waals surface area contributed by atoms with Crippen LogP contribution >= 0.6 is 17.7 Å². The largest absolute Gasteiger partial charge is 0.457 e. The van der Waals surface area contributed by atoms with Crippen molar-refractivity contribution in [1.82, 2.24) is 39.0 Å². The first-order chi connectivity index (χ1) is 20.8. The van der Waals surface area contributed by atoms with Crippen LogP contribution in [0, 0.1) is 0 Å². The van der Waals surface area contributed by atoms with Gasteiger partial charge in [0, 0.05) is 9.47 Å². The highest BCUT2D eigenvalue weighted by Gasteiger charge is 2.49. The van der Waals surface area contributed by atoms with Crippen molar-refractivity contribution < 1.29 is 47.4 Å². The van der Waals surface area contributed by atoms with Gasteiger partial charge in [0.25, 0.3) is 6.47 Å². The van der Waals surface area contributed by atoms with E-state index in [1.165, 1.54) is 34.4 Å². The molecule has 0 aliphatic carbocycles. The average molecular weight is 640 g/mol. The third-order valence-electron chi connectivity index (χ3n) is 7.02. The summed E-state index contributed by atoms with van der Waals surface area (Å²) in [5.74, 6) is 0.264. The van der Waals surface area contributed by atoms with Crippen LogP contribution in [-0.2, 0) is 37.1 Å². The van der Waals surface area contributed by atoms with Crippen LogP contribution in [0.1, 0.15) is 12.5 Å². The number of hydrogen-bond donors (Lipinski definition) is 4. The number of rotatable bonds is 11. The normalized spacial score (nSPS) is 29.8. The molecule has 22 heteroatoms. The van der Waals surface area contributed by atoms with Crippen LogP contribution < -0.4 is 11.5 Å². The van der Waals surface area contributed by atoms with Crippen LogP contribution in [0.3, 0.4) is 0 Å². The minimum Gasteiger partial charge on any atom is -0.457 e. The van der Waals surface area contributed by atoms with Gasteiger partial charge in [-0.15, -0.1) is 0 Å². The zero-order valence-corrected chi connectivity index (χ0v) is 24.0. The lowest BCUT2D eigenvalue weighted by atomic mass is 10.1. The molecule has 0 saturated carbocycles. The fourth-order valence-electron chi connectivity index (χ4n) is 5.02. The number of aliphatic hydroxyl groups excluding tert-OH is 2. The maximum absolute atomic E-state index is 12.9. The summed E-state index contributed by atoms with van der Waals surface area (Å²) in [5, 5.41) is 22.0. The molecular formula is C21H26N10O10P2. The van der Waals surface area contributed by atoms with Crippen LogP contribution in [-0.4, -0.2) is 106 Å². The number of fused-ring (bicyclic) bond motifs is 2. The second kappa shape index (κ2) is 12.3. The van der Waals surface area contributed by atoms with E-state index < -0.39 is 63.9 Å². The molecule has 3 unspecified atom stereocenters. The fraction of sp³-hybridized carbons (Fsp3) is 0.476. The summed E-state index contributed by atoms with van der Waals surface area (Å²) in [6.07, 6.45) is -4.03. The lowest BCUT2D eigenvalue weighted by Gasteiger charge is -2.21. The number of carbonyl (C=O) groups is 1. The minimum atomic E-state index is -3.33. The summed E-state index contributed by atoms with van der Waals surface area (Å²) in [4.78, 5) is 35.6. The highest BCUT2D eigenvalue weighted by atomic mass is 31.1. The Kier molecular flexibility index (Phi) is 8.45. The van der Waals surface area contributed by atoms with Gasteiger partial charge in [-0.05, 0) is 0 Å². The third-order valence-corrected chi connectivity index (χ3v) is 8.08. The molecule has 0 radical (unpaired) electrons. The van der Waals surface area contributed by atoms with Crippen molar-refractivity contribution in [2.24, 2.45) is 0 Å². The Bertz CT molecular complexity index is 1640. The standard InChI is InChI=1S/C21H26N10O10P2/c22-16-10-18(26-3-24-16)30(5-28-10)20-13(34)14(9(40-20)1-37-42)41-43(35)38-2-8-12(33)15(36-7-32)21(39-8)31-6-29-11-17(23)25-4-27-19(11)31/h3-9,12-15,20-21,33-34,43H,1-2,42H2,(H2,22,24,26)(H2,23,25,27)/t8-,9-,12-,13-,14-,15-,20?,21-/m1/s1. The van der Waals surface area contributed by atoms with Crippen molar-refractivity contribution >= 4 is 58.2 Å². The van der Waals surface area contributed by atoms with Gasteiger partial charge in [-0.25, -0.2) is 29.9 Å². The lowest BCUT2D eigenvalue weighted by molar-refractivity contribution is -0.142. The van der Waals surface area contributed by atoms with E-state index in [0.717, 1.165) is 0 Å². The molecule has 4 aromatic rings. The van der Waals surface area contributed by atoms with Gasteiger partial charge in [-0.2, -0.15) is 0 Å². The molecule has 6 N–H and O–H groups in total. The van der Waals surface area contributed by atoms with E-state index in [1.54, 1.807) is 0 Å². The van der Waals surface area contributed by atoms with Gasteiger partial charge in [-0.3, -0.25) is 18.5 Å². The van der Waals surface area contributed by atoms with Crippen molar-refractivity contribution in [3.05, 3.63) is 25.3 Å². The predicted molar refractivity (Wildman–Crippen MR) is 146 cm³/mol. The predicted octanol–water partition coefficient (Wildman–Crippen LogP) is -1.51. The number of anilines is 2. The van der Waals surface area contributed by atoms with Gasteiger partial charge in [0.1, 0.15) is 54.2 Å². The fourth-order valence-corrected chi connectivity index (χ4v) is 6.09. The molecule has 0 amide bonds. The molecule has 2 saturated heterocycles.